The van der Waals surface area contributed by atoms with Gasteiger partial charge >= 0.3 is 0 Å². The molecule has 23 heavy (non-hydrogen) atoms. The average molecular weight is 306 g/mol. The lowest BCUT2D eigenvalue weighted by atomic mass is 9.85. The van der Waals surface area contributed by atoms with Gasteiger partial charge in [-0.2, -0.15) is 0 Å². The van der Waals surface area contributed by atoms with Crippen LogP contribution in [0, 0.1) is 0 Å². The van der Waals surface area contributed by atoms with E-state index in [1.54, 1.807) is 18.2 Å². The van der Waals surface area contributed by atoms with Crippen LogP contribution in [0.3, 0.4) is 0 Å². The number of aliphatic hydroxyl groups is 2. The topological polar surface area (TPSA) is 70.7 Å². The van der Waals surface area contributed by atoms with Crippen molar-refractivity contribution in [3.63, 3.8) is 0 Å². The quantitative estimate of drug-likeness (QED) is 0.725. The van der Waals surface area contributed by atoms with Crippen molar-refractivity contribution >= 4 is 0 Å². The fraction of sp³-hybridized carbons (Fsp3) is 0.105. The maximum atomic E-state index is 12.5. The molecule has 0 aliphatic heterocycles. The van der Waals surface area contributed by atoms with Crippen LogP contribution in [0.2, 0.25) is 0 Å². The molecular weight excluding hydrogens is 292 g/mol. The van der Waals surface area contributed by atoms with E-state index in [-0.39, 0.29) is 11.0 Å². The molecule has 114 valence electrons. The van der Waals surface area contributed by atoms with E-state index in [0.717, 1.165) is 5.56 Å². The van der Waals surface area contributed by atoms with Crippen LogP contribution in [0.4, 0.5) is 0 Å². The summed E-state index contributed by atoms with van der Waals surface area (Å²) in [5.74, 6) is 0.762. The van der Waals surface area contributed by atoms with E-state index in [0.29, 0.717) is 22.6 Å². The molecule has 4 nitrogen and oxygen atoms in total. The smallest absolute Gasteiger partial charge is 0.192 e. The summed E-state index contributed by atoms with van der Waals surface area (Å²) in [6.45, 7) is 0. The third-order valence-corrected chi connectivity index (χ3v) is 4.16. The minimum absolute atomic E-state index is 0.107. The predicted molar refractivity (Wildman–Crippen MR) is 85.8 cm³/mol. The van der Waals surface area contributed by atoms with Crippen molar-refractivity contribution in [2.24, 2.45) is 0 Å². The van der Waals surface area contributed by atoms with Crippen molar-refractivity contribution in [3.8, 4) is 22.6 Å². The van der Waals surface area contributed by atoms with E-state index in [4.69, 9.17) is 4.42 Å². The average Bonchev–Trinajstić information content (AvgIpc) is 2.60. The zero-order valence-electron chi connectivity index (χ0n) is 12.1. The Morgan fingerprint density at radius 3 is 2.35 bits per heavy atom. The summed E-state index contributed by atoms with van der Waals surface area (Å²) in [6.07, 6.45) is -2.43. The summed E-state index contributed by atoms with van der Waals surface area (Å²) < 4.78 is 5.94. The molecule has 2 aromatic carbocycles. The molecule has 0 spiro atoms. The van der Waals surface area contributed by atoms with Crippen LogP contribution in [0.5, 0.6) is 0 Å². The highest BCUT2D eigenvalue weighted by Crippen LogP contribution is 2.43. The van der Waals surface area contributed by atoms with Gasteiger partial charge in [0.1, 0.15) is 23.7 Å². The molecule has 0 amide bonds. The first-order valence-electron chi connectivity index (χ1n) is 7.35. The highest BCUT2D eigenvalue weighted by Gasteiger charge is 2.35. The van der Waals surface area contributed by atoms with Gasteiger partial charge in [0.25, 0.3) is 0 Å². The van der Waals surface area contributed by atoms with Crippen molar-refractivity contribution < 1.29 is 14.6 Å². The molecule has 1 aliphatic rings. The number of hydrogen-bond acceptors (Lipinski definition) is 4. The van der Waals surface area contributed by atoms with E-state index >= 15 is 0 Å². The van der Waals surface area contributed by atoms with E-state index in [1.165, 1.54) is 6.07 Å². The largest absolute Gasteiger partial charge is 0.455 e. The number of aliphatic hydroxyl groups excluding tert-OH is 2. The maximum Gasteiger partial charge on any atom is 0.192 e. The van der Waals surface area contributed by atoms with Gasteiger partial charge in [-0.25, -0.2) is 0 Å². The van der Waals surface area contributed by atoms with Gasteiger partial charge in [-0.3, -0.25) is 4.79 Å². The molecule has 1 heterocycles. The van der Waals surface area contributed by atoms with Crippen LogP contribution in [-0.4, -0.2) is 10.2 Å². The van der Waals surface area contributed by atoms with Crippen molar-refractivity contribution in [2.45, 2.75) is 12.2 Å². The zero-order valence-corrected chi connectivity index (χ0v) is 12.1. The summed E-state index contributed by atoms with van der Waals surface area (Å²) in [4.78, 5) is 12.5. The molecule has 4 heteroatoms. The molecule has 4 rings (SSSR count). The SMILES string of the molecule is O=c1cc(-c2ccccc2)oc2c1C(O)C(O)c1ccccc1-2. The second-order valence-electron chi connectivity index (χ2n) is 5.56. The predicted octanol–water partition coefficient (Wildman–Crippen LogP) is 3.05. The Bertz CT molecular complexity index is 928. The second-order valence-corrected chi connectivity index (χ2v) is 5.56. The molecule has 1 aliphatic carbocycles. The van der Waals surface area contributed by atoms with Crippen molar-refractivity contribution in [1.82, 2.24) is 0 Å². The van der Waals surface area contributed by atoms with Gasteiger partial charge in [0.05, 0.1) is 5.56 Å². The van der Waals surface area contributed by atoms with Crippen LogP contribution >= 0.6 is 0 Å². The van der Waals surface area contributed by atoms with E-state index in [9.17, 15) is 15.0 Å². The molecule has 0 saturated heterocycles. The molecule has 2 unspecified atom stereocenters. The number of benzene rings is 2. The highest BCUT2D eigenvalue weighted by atomic mass is 16.4. The fourth-order valence-corrected chi connectivity index (χ4v) is 3.02. The maximum absolute atomic E-state index is 12.5. The lowest BCUT2D eigenvalue weighted by Crippen LogP contribution is -2.24. The van der Waals surface area contributed by atoms with Crippen LogP contribution in [0.1, 0.15) is 23.3 Å². The molecule has 2 atom stereocenters. The zero-order chi connectivity index (χ0) is 16.0. The van der Waals surface area contributed by atoms with E-state index in [2.05, 4.69) is 0 Å². The second kappa shape index (κ2) is 5.19. The summed E-state index contributed by atoms with van der Waals surface area (Å²) in [5, 5.41) is 20.6. The van der Waals surface area contributed by atoms with Crippen LogP contribution < -0.4 is 5.43 Å². The summed E-state index contributed by atoms with van der Waals surface area (Å²) >= 11 is 0. The third kappa shape index (κ3) is 2.11. The van der Waals surface area contributed by atoms with E-state index < -0.39 is 12.2 Å². The molecule has 2 N–H and O–H groups in total. The van der Waals surface area contributed by atoms with Crippen molar-refractivity contribution in [1.29, 1.82) is 0 Å². The Morgan fingerprint density at radius 1 is 0.870 bits per heavy atom. The first-order valence-corrected chi connectivity index (χ1v) is 7.35. The minimum atomic E-state index is -1.29. The molecule has 3 aromatic rings. The Balaban J connectivity index is 2.02. The Labute approximate surface area is 132 Å². The number of hydrogen-bond donors (Lipinski definition) is 2. The molecule has 0 radical (unpaired) electrons. The molecular formula is C19H14O4. The van der Waals surface area contributed by atoms with Gasteiger partial charge in [0.15, 0.2) is 5.43 Å². The molecule has 0 fully saturated rings. The van der Waals surface area contributed by atoms with Crippen LogP contribution in [0.25, 0.3) is 22.6 Å². The lowest BCUT2D eigenvalue weighted by Gasteiger charge is -2.27. The Morgan fingerprint density at radius 2 is 1.57 bits per heavy atom. The number of rotatable bonds is 1. The molecule has 1 aromatic heterocycles. The minimum Gasteiger partial charge on any atom is -0.455 e. The number of fused-ring (bicyclic) bond motifs is 3. The Hall–Kier alpha value is -2.69. The van der Waals surface area contributed by atoms with Gasteiger partial charge < -0.3 is 14.6 Å². The fourth-order valence-electron chi connectivity index (χ4n) is 3.02. The van der Waals surface area contributed by atoms with Gasteiger partial charge in [0.2, 0.25) is 0 Å². The standard InChI is InChI=1S/C19H14O4/c20-14-10-15(11-6-2-1-3-7-11)23-19-13-9-5-4-8-12(13)17(21)18(22)16(14)19/h1-10,17-18,21-22H. The summed E-state index contributed by atoms with van der Waals surface area (Å²) in [6, 6.07) is 17.8. The van der Waals surface area contributed by atoms with Crippen molar-refractivity contribution in [2.75, 3.05) is 0 Å². The van der Waals surface area contributed by atoms with Gasteiger partial charge in [-0.1, -0.05) is 54.6 Å². The normalized spacial score (nSPS) is 19.0. The first kappa shape index (κ1) is 13.9. The molecule has 0 saturated carbocycles. The third-order valence-electron chi connectivity index (χ3n) is 4.16. The van der Waals surface area contributed by atoms with Crippen LogP contribution in [0.15, 0.2) is 69.9 Å². The van der Waals surface area contributed by atoms with Gasteiger partial charge in [-0.15, -0.1) is 0 Å². The van der Waals surface area contributed by atoms with Gasteiger partial charge in [-0.05, 0) is 5.56 Å². The van der Waals surface area contributed by atoms with Crippen molar-refractivity contribution in [3.05, 3.63) is 82.0 Å². The highest BCUT2D eigenvalue weighted by molar-refractivity contribution is 5.71. The summed E-state index contributed by atoms with van der Waals surface area (Å²) in [7, 11) is 0. The van der Waals surface area contributed by atoms with Gasteiger partial charge in [0, 0.05) is 17.2 Å². The molecule has 0 bridgehead atoms. The lowest BCUT2D eigenvalue weighted by molar-refractivity contribution is 0.0137. The van der Waals surface area contributed by atoms with Crippen LogP contribution in [-0.2, 0) is 0 Å². The summed E-state index contributed by atoms with van der Waals surface area (Å²) in [5.41, 5.74) is 1.74. The Kier molecular flexibility index (Phi) is 3.15. The first-order chi connectivity index (χ1) is 11.2. The van der Waals surface area contributed by atoms with E-state index in [1.807, 2.05) is 36.4 Å². The monoisotopic (exact) mass is 306 g/mol.